The zero-order valence-electron chi connectivity index (χ0n) is 13.0. The number of alkyl halides is 1. The lowest BCUT2D eigenvalue weighted by atomic mass is 10.1. The monoisotopic (exact) mass is 298 g/mol. The molecule has 2 nitrogen and oxygen atoms in total. The molecule has 0 bridgehead atoms. The third-order valence-electron chi connectivity index (χ3n) is 3.21. The van der Waals surface area contributed by atoms with E-state index in [1.807, 2.05) is 13.0 Å². The predicted octanol–water partition coefficient (Wildman–Crippen LogP) is 5.21. The van der Waals surface area contributed by atoms with Gasteiger partial charge in [0.1, 0.15) is 0 Å². The Morgan fingerprint density at radius 3 is 2.50 bits per heavy atom. The van der Waals surface area contributed by atoms with Crippen LogP contribution in [0.3, 0.4) is 0 Å². The minimum atomic E-state index is 0.181. The fraction of sp³-hybridized carbons (Fsp3) is 0.647. The fourth-order valence-electron chi connectivity index (χ4n) is 2.00. The van der Waals surface area contributed by atoms with Crippen LogP contribution >= 0.6 is 11.6 Å². The highest BCUT2D eigenvalue weighted by atomic mass is 35.5. The minimum absolute atomic E-state index is 0.181. The summed E-state index contributed by atoms with van der Waals surface area (Å²) in [7, 11) is 0. The van der Waals surface area contributed by atoms with Crippen molar-refractivity contribution in [2.75, 3.05) is 13.2 Å². The van der Waals surface area contributed by atoms with E-state index in [1.54, 1.807) is 0 Å². The highest BCUT2D eigenvalue weighted by Gasteiger charge is 2.09. The van der Waals surface area contributed by atoms with Crippen molar-refractivity contribution in [3.05, 3.63) is 23.8 Å². The minimum Gasteiger partial charge on any atom is -0.490 e. The van der Waals surface area contributed by atoms with Crippen LogP contribution in [0.1, 0.15) is 52.0 Å². The van der Waals surface area contributed by atoms with Crippen molar-refractivity contribution in [2.45, 2.75) is 58.3 Å². The van der Waals surface area contributed by atoms with E-state index in [2.05, 4.69) is 26.0 Å². The lowest BCUT2D eigenvalue weighted by Crippen LogP contribution is -2.04. The van der Waals surface area contributed by atoms with Crippen molar-refractivity contribution in [1.29, 1.82) is 0 Å². The fourth-order valence-corrected chi connectivity index (χ4v) is 2.18. The zero-order chi connectivity index (χ0) is 14.8. The summed E-state index contributed by atoms with van der Waals surface area (Å²) in [4.78, 5) is 0. The van der Waals surface area contributed by atoms with Crippen LogP contribution in [0.15, 0.2) is 18.2 Å². The molecule has 1 aromatic rings. The van der Waals surface area contributed by atoms with Crippen LogP contribution in [0, 0.1) is 0 Å². The normalized spacial score (nSPS) is 12.2. The molecular formula is C17H27ClO2. The maximum Gasteiger partial charge on any atom is 0.161 e. The summed E-state index contributed by atoms with van der Waals surface area (Å²) >= 11 is 6.22. The molecule has 0 heterocycles. The van der Waals surface area contributed by atoms with Gasteiger partial charge < -0.3 is 9.47 Å². The van der Waals surface area contributed by atoms with Gasteiger partial charge in [-0.1, -0.05) is 32.8 Å². The van der Waals surface area contributed by atoms with Crippen LogP contribution in [0.4, 0.5) is 0 Å². The molecule has 0 amide bonds. The Balaban J connectivity index is 2.68. The van der Waals surface area contributed by atoms with Gasteiger partial charge in [-0.05, 0) is 43.9 Å². The average molecular weight is 299 g/mol. The van der Waals surface area contributed by atoms with Crippen molar-refractivity contribution in [3.63, 3.8) is 0 Å². The quantitative estimate of drug-likeness (QED) is 0.436. The van der Waals surface area contributed by atoms with E-state index >= 15 is 0 Å². The highest BCUT2D eigenvalue weighted by Crippen LogP contribution is 2.29. The molecule has 3 heteroatoms. The molecule has 0 radical (unpaired) electrons. The third-order valence-corrected chi connectivity index (χ3v) is 3.68. The van der Waals surface area contributed by atoms with Gasteiger partial charge in [-0.2, -0.15) is 0 Å². The second kappa shape index (κ2) is 9.93. The number of hydrogen-bond acceptors (Lipinski definition) is 2. The Kier molecular flexibility index (Phi) is 8.52. The van der Waals surface area contributed by atoms with Gasteiger partial charge in [0.2, 0.25) is 0 Å². The van der Waals surface area contributed by atoms with Gasteiger partial charge in [0.15, 0.2) is 11.5 Å². The Labute approximate surface area is 128 Å². The number of hydrogen-bond donors (Lipinski definition) is 0. The van der Waals surface area contributed by atoms with Crippen molar-refractivity contribution in [3.8, 4) is 11.5 Å². The lowest BCUT2D eigenvalue weighted by Gasteiger charge is -2.14. The maximum absolute atomic E-state index is 6.22. The Morgan fingerprint density at radius 1 is 1.05 bits per heavy atom. The molecule has 114 valence electrons. The third kappa shape index (κ3) is 6.04. The highest BCUT2D eigenvalue weighted by molar-refractivity contribution is 6.20. The van der Waals surface area contributed by atoms with E-state index in [0.29, 0.717) is 6.61 Å². The molecule has 0 saturated carbocycles. The molecule has 0 fully saturated rings. The van der Waals surface area contributed by atoms with Crippen LogP contribution in [-0.4, -0.2) is 18.6 Å². The van der Waals surface area contributed by atoms with Crippen molar-refractivity contribution >= 4 is 11.6 Å². The number of ether oxygens (including phenoxy) is 2. The Hall–Kier alpha value is -0.890. The first kappa shape index (κ1) is 17.2. The van der Waals surface area contributed by atoms with Crippen molar-refractivity contribution < 1.29 is 9.47 Å². The van der Waals surface area contributed by atoms with Crippen LogP contribution in [0.25, 0.3) is 0 Å². The van der Waals surface area contributed by atoms with Crippen molar-refractivity contribution in [1.82, 2.24) is 0 Å². The molecule has 0 saturated heterocycles. The van der Waals surface area contributed by atoms with E-state index in [9.17, 15) is 0 Å². The van der Waals surface area contributed by atoms with E-state index in [0.717, 1.165) is 37.4 Å². The standard InChI is InChI=1S/C17H27ClO2/c1-4-7-8-11-20-16-10-9-14(12-15(18)5-2)13-17(16)19-6-3/h9-10,13,15H,4-8,11-12H2,1-3H3. The van der Waals surface area contributed by atoms with E-state index in [-0.39, 0.29) is 5.38 Å². The molecule has 1 aromatic carbocycles. The molecule has 0 aliphatic carbocycles. The van der Waals surface area contributed by atoms with E-state index in [1.165, 1.54) is 18.4 Å². The summed E-state index contributed by atoms with van der Waals surface area (Å²) in [6.45, 7) is 7.68. The van der Waals surface area contributed by atoms with Crippen LogP contribution in [-0.2, 0) is 6.42 Å². The average Bonchev–Trinajstić information content (AvgIpc) is 2.45. The summed E-state index contributed by atoms with van der Waals surface area (Å²) in [5.41, 5.74) is 1.20. The molecule has 0 aromatic heterocycles. The van der Waals surface area contributed by atoms with Crippen LogP contribution in [0.5, 0.6) is 11.5 Å². The number of halogens is 1. The first-order chi connectivity index (χ1) is 9.71. The molecule has 1 rings (SSSR count). The Bertz CT molecular complexity index is 379. The molecule has 1 atom stereocenters. The summed E-state index contributed by atoms with van der Waals surface area (Å²) in [5, 5.41) is 0.181. The molecular weight excluding hydrogens is 272 g/mol. The molecule has 1 unspecified atom stereocenters. The molecule has 0 spiro atoms. The zero-order valence-corrected chi connectivity index (χ0v) is 13.7. The first-order valence-electron chi connectivity index (χ1n) is 7.73. The van der Waals surface area contributed by atoms with Crippen molar-refractivity contribution in [2.24, 2.45) is 0 Å². The lowest BCUT2D eigenvalue weighted by molar-refractivity contribution is 0.271. The molecule has 20 heavy (non-hydrogen) atoms. The predicted molar refractivity (Wildman–Crippen MR) is 86.3 cm³/mol. The largest absolute Gasteiger partial charge is 0.490 e. The second-order valence-electron chi connectivity index (χ2n) is 4.98. The summed E-state index contributed by atoms with van der Waals surface area (Å²) in [6.07, 6.45) is 5.33. The smallest absolute Gasteiger partial charge is 0.161 e. The van der Waals surface area contributed by atoms with E-state index in [4.69, 9.17) is 21.1 Å². The molecule has 0 aliphatic rings. The van der Waals surface area contributed by atoms with Gasteiger partial charge in [0.25, 0.3) is 0 Å². The second-order valence-corrected chi connectivity index (χ2v) is 5.60. The maximum atomic E-state index is 6.22. The van der Waals surface area contributed by atoms with E-state index < -0.39 is 0 Å². The molecule has 0 aliphatic heterocycles. The summed E-state index contributed by atoms with van der Waals surface area (Å²) < 4.78 is 11.5. The first-order valence-corrected chi connectivity index (χ1v) is 8.17. The molecule has 0 N–H and O–H groups in total. The topological polar surface area (TPSA) is 18.5 Å². The SMILES string of the molecule is CCCCCOc1ccc(CC(Cl)CC)cc1OCC. The number of rotatable bonds is 10. The van der Waals surface area contributed by atoms with Gasteiger partial charge in [-0.25, -0.2) is 0 Å². The van der Waals surface area contributed by atoms with Gasteiger partial charge >= 0.3 is 0 Å². The van der Waals surface area contributed by atoms with Gasteiger partial charge in [-0.15, -0.1) is 11.6 Å². The van der Waals surface area contributed by atoms with Crippen LogP contribution < -0.4 is 9.47 Å². The van der Waals surface area contributed by atoms with Gasteiger partial charge in [0.05, 0.1) is 13.2 Å². The summed E-state index contributed by atoms with van der Waals surface area (Å²) in [6, 6.07) is 6.15. The van der Waals surface area contributed by atoms with Crippen LogP contribution in [0.2, 0.25) is 0 Å². The summed E-state index contributed by atoms with van der Waals surface area (Å²) in [5.74, 6) is 1.68. The van der Waals surface area contributed by atoms with Gasteiger partial charge in [-0.3, -0.25) is 0 Å². The number of benzene rings is 1. The van der Waals surface area contributed by atoms with Gasteiger partial charge in [0, 0.05) is 5.38 Å². The Morgan fingerprint density at radius 2 is 1.85 bits per heavy atom. The number of unbranched alkanes of at least 4 members (excludes halogenated alkanes) is 2.